The van der Waals surface area contributed by atoms with E-state index < -0.39 is 9.84 Å². The molecule has 6 heteroatoms. The Labute approximate surface area is 119 Å². The molecular weight excluding hydrogens is 276 g/mol. The normalized spacial score (nSPS) is 18.5. The van der Waals surface area contributed by atoms with Crippen molar-refractivity contribution >= 4 is 21.4 Å². The van der Waals surface area contributed by atoms with Gasteiger partial charge in [-0.05, 0) is 37.1 Å². The van der Waals surface area contributed by atoms with Crippen molar-refractivity contribution in [3.63, 3.8) is 0 Å². The van der Waals surface area contributed by atoms with Crippen LogP contribution in [-0.4, -0.2) is 50.9 Å². The maximum atomic E-state index is 11.8. The molecule has 0 bridgehead atoms. The quantitative estimate of drug-likeness (QED) is 0.915. The molecule has 1 heterocycles. The summed E-state index contributed by atoms with van der Waals surface area (Å²) in [5, 5.41) is 3.32. The van der Waals surface area contributed by atoms with Crippen molar-refractivity contribution in [3.8, 4) is 0 Å². The molecule has 1 fully saturated rings. The largest absolute Gasteiger partial charge is 0.382 e. The Morgan fingerprint density at radius 2 is 1.70 bits per heavy atom. The molecule has 0 spiro atoms. The van der Waals surface area contributed by atoms with Crippen LogP contribution in [0.1, 0.15) is 23.2 Å². The van der Waals surface area contributed by atoms with Gasteiger partial charge in [-0.1, -0.05) is 0 Å². The molecule has 0 saturated carbocycles. The van der Waals surface area contributed by atoms with E-state index in [1.165, 1.54) is 4.90 Å². The molecule has 1 N–H and O–H groups in total. The summed E-state index contributed by atoms with van der Waals surface area (Å²) in [6.45, 7) is 0. The number of hydrogen-bond donors (Lipinski definition) is 1. The molecule has 20 heavy (non-hydrogen) atoms. The summed E-state index contributed by atoms with van der Waals surface area (Å²) in [5.41, 5.74) is 1.57. The molecule has 0 radical (unpaired) electrons. The van der Waals surface area contributed by atoms with Gasteiger partial charge in [0.15, 0.2) is 0 Å². The number of sulfone groups is 1. The van der Waals surface area contributed by atoms with Gasteiger partial charge < -0.3 is 10.2 Å². The fourth-order valence-electron chi connectivity index (χ4n) is 2.24. The number of hydrogen-bond acceptors (Lipinski definition) is 4. The number of carbonyl (C=O) groups excluding carboxylic acids is 1. The first kappa shape index (κ1) is 14.8. The summed E-state index contributed by atoms with van der Waals surface area (Å²) in [4.78, 5) is 13.3. The zero-order valence-corrected chi connectivity index (χ0v) is 12.6. The standard InChI is InChI=1S/C14H20N2O3S/c1-16(2)14(17)11-3-5-12(6-4-11)15-13-7-9-20(18,19)10-8-13/h3-6,13,15H,7-10H2,1-2H3. The Hall–Kier alpha value is -1.56. The minimum atomic E-state index is -2.83. The van der Waals surface area contributed by atoms with Gasteiger partial charge in [-0.25, -0.2) is 8.42 Å². The van der Waals surface area contributed by atoms with E-state index in [1.807, 2.05) is 12.1 Å². The van der Waals surface area contributed by atoms with Crippen molar-refractivity contribution in [2.45, 2.75) is 18.9 Å². The lowest BCUT2D eigenvalue weighted by molar-refractivity contribution is 0.0827. The fraction of sp³-hybridized carbons (Fsp3) is 0.500. The van der Waals surface area contributed by atoms with E-state index in [1.54, 1.807) is 26.2 Å². The van der Waals surface area contributed by atoms with Crippen LogP contribution >= 0.6 is 0 Å². The predicted octanol–water partition coefficient (Wildman–Crippen LogP) is 1.38. The van der Waals surface area contributed by atoms with Gasteiger partial charge in [0.1, 0.15) is 9.84 Å². The number of benzene rings is 1. The molecule has 1 aliphatic rings. The molecule has 0 aliphatic carbocycles. The first-order valence-corrected chi connectivity index (χ1v) is 8.48. The second-order valence-corrected chi connectivity index (χ2v) is 7.65. The smallest absolute Gasteiger partial charge is 0.253 e. The lowest BCUT2D eigenvalue weighted by Gasteiger charge is -2.24. The minimum absolute atomic E-state index is 0.0275. The van der Waals surface area contributed by atoms with Crippen LogP contribution in [0.4, 0.5) is 5.69 Å². The van der Waals surface area contributed by atoms with E-state index in [-0.39, 0.29) is 23.5 Å². The average molecular weight is 296 g/mol. The maximum absolute atomic E-state index is 11.8. The predicted molar refractivity (Wildman–Crippen MR) is 79.8 cm³/mol. The van der Waals surface area contributed by atoms with Crippen LogP contribution in [0, 0.1) is 0 Å². The van der Waals surface area contributed by atoms with Gasteiger partial charge in [-0.15, -0.1) is 0 Å². The molecule has 2 rings (SSSR count). The third-order valence-corrected chi connectivity index (χ3v) is 5.18. The number of anilines is 1. The zero-order chi connectivity index (χ0) is 14.8. The SMILES string of the molecule is CN(C)C(=O)c1ccc(NC2CCS(=O)(=O)CC2)cc1. The van der Waals surface area contributed by atoms with Gasteiger partial charge in [0.25, 0.3) is 5.91 Å². The molecule has 1 aromatic carbocycles. The molecule has 0 atom stereocenters. The van der Waals surface area contributed by atoms with Crippen molar-refractivity contribution in [1.82, 2.24) is 4.90 Å². The van der Waals surface area contributed by atoms with Crippen LogP contribution in [-0.2, 0) is 9.84 Å². The Kier molecular flexibility index (Phi) is 4.32. The van der Waals surface area contributed by atoms with Crippen LogP contribution in [0.25, 0.3) is 0 Å². The highest BCUT2D eigenvalue weighted by Gasteiger charge is 2.23. The van der Waals surface area contributed by atoms with E-state index in [9.17, 15) is 13.2 Å². The Morgan fingerprint density at radius 3 is 2.20 bits per heavy atom. The van der Waals surface area contributed by atoms with E-state index in [2.05, 4.69) is 5.32 Å². The molecule has 1 aromatic rings. The van der Waals surface area contributed by atoms with Crippen LogP contribution in [0.2, 0.25) is 0 Å². The van der Waals surface area contributed by atoms with Crippen molar-refractivity contribution in [2.24, 2.45) is 0 Å². The third-order valence-electron chi connectivity index (χ3n) is 3.46. The molecule has 0 aromatic heterocycles. The van der Waals surface area contributed by atoms with E-state index in [4.69, 9.17) is 0 Å². The number of rotatable bonds is 3. The van der Waals surface area contributed by atoms with E-state index >= 15 is 0 Å². The Bertz CT molecular complexity index is 565. The van der Waals surface area contributed by atoms with E-state index in [0.717, 1.165) is 5.69 Å². The summed E-state index contributed by atoms with van der Waals surface area (Å²) < 4.78 is 22.7. The van der Waals surface area contributed by atoms with Crippen molar-refractivity contribution in [3.05, 3.63) is 29.8 Å². The van der Waals surface area contributed by atoms with Crippen LogP contribution in [0.5, 0.6) is 0 Å². The van der Waals surface area contributed by atoms with Crippen LogP contribution < -0.4 is 5.32 Å². The monoisotopic (exact) mass is 296 g/mol. The van der Waals surface area contributed by atoms with Crippen molar-refractivity contribution in [1.29, 1.82) is 0 Å². The second kappa shape index (κ2) is 5.83. The molecule has 110 valence electrons. The molecule has 0 unspecified atom stereocenters. The first-order valence-electron chi connectivity index (χ1n) is 6.66. The second-order valence-electron chi connectivity index (χ2n) is 5.35. The summed E-state index contributed by atoms with van der Waals surface area (Å²) in [7, 11) is 0.613. The highest BCUT2D eigenvalue weighted by molar-refractivity contribution is 7.91. The number of nitrogens with zero attached hydrogens (tertiary/aromatic N) is 1. The fourth-order valence-corrected chi connectivity index (χ4v) is 3.73. The summed E-state index contributed by atoms with van der Waals surface area (Å²) in [5.74, 6) is 0.476. The first-order chi connectivity index (χ1) is 9.37. The topological polar surface area (TPSA) is 66.5 Å². The van der Waals surface area contributed by atoms with Crippen LogP contribution in [0.15, 0.2) is 24.3 Å². The van der Waals surface area contributed by atoms with Crippen molar-refractivity contribution < 1.29 is 13.2 Å². The zero-order valence-electron chi connectivity index (χ0n) is 11.8. The number of nitrogens with one attached hydrogen (secondary N) is 1. The van der Waals surface area contributed by atoms with Gasteiger partial charge in [0, 0.05) is 31.4 Å². The maximum Gasteiger partial charge on any atom is 0.253 e. The van der Waals surface area contributed by atoms with Crippen molar-refractivity contribution in [2.75, 3.05) is 30.9 Å². The van der Waals surface area contributed by atoms with Gasteiger partial charge in [0.05, 0.1) is 11.5 Å². The molecule has 1 amide bonds. The summed E-state index contributed by atoms with van der Waals surface area (Å²) in [6.07, 6.45) is 1.28. The van der Waals surface area contributed by atoms with E-state index in [0.29, 0.717) is 18.4 Å². The highest BCUT2D eigenvalue weighted by Crippen LogP contribution is 2.18. The van der Waals surface area contributed by atoms with Gasteiger partial charge >= 0.3 is 0 Å². The molecule has 1 aliphatic heterocycles. The highest BCUT2D eigenvalue weighted by atomic mass is 32.2. The third kappa shape index (κ3) is 3.72. The molecular formula is C14H20N2O3S. The lowest BCUT2D eigenvalue weighted by atomic mass is 10.1. The Morgan fingerprint density at radius 1 is 1.15 bits per heavy atom. The summed E-state index contributed by atoms with van der Waals surface area (Å²) in [6, 6.07) is 7.47. The lowest BCUT2D eigenvalue weighted by Crippen LogP contribution is -2.32. The van der Waals surface area contributed by atoms with Gasteiger partial charge in [-0.2, -0.15) is 0 Å². The molecule has 1 saturated heterocycles. The summed E-state index contributed by atoms with van der Waals surface area (Å²) >= 11 is 0. The number of amides is 1. The average Bonchev–Trinajstić information content (AvgIpc) is 2.41. The minimum Gasteiger partial charge on any atom is -0.382 e. The Balaban J connectivity index is 1.96. The molecule has 5 nitrogen and oxygen atoms in total. The van der Waals surface area contributed by atoms with Gasteiger partial charge in [-0.3, -0.25) is 4.79 Å². The number of carbonyl (C=O) groups is 1. The van der Waals surface area contributed by atoms with Gasteiger partial charge in [0.2, 0.25) is 0 Å². The van der Waals surface area contributed by atoms with Crippen LogP contribution in [0.3, 0.4) is 0 Å².